The van der Waals surface area contributed by atoms with Crippen LogP contribution < -0.4 is 0 Å². The van der Waals surface area contributed by atoms with E-state index in [0.29, 0.717) is 22.5 Å². The van der Waals surface area contributed by atoms with Crippen LogP contribution in [0.5, 0.6) is 0 Å². The lowest BCUT2D eigenvalue weighted by atomic mass is 10.1. The van der Waals surface area contributed by atoms with E-state index in [4.69, 9.17) is 5.26 Å². The van der Waals surface area contributed by atoms with E-state index in [9.17, 15) is 4.79 Å². The van der Waals surface area contributed by atoms with E-state index in [-0.39, 0.29) is 5.78 Å². The van der Waals surface area contributed by atoms with E-state index >= 15 is 0 Å². The number of nitrogens with zero attached hydrogens (tertiary/aromatic N) is 3. The largest absolute Gasteiger partial charge is 0.293 e. The van der Waals surface area contributed by atoms with Crippen molar-refractivity contribution in [1.29, 1.82) is 5.26 Å². The van der Waals surface area contributed by atoms with Gasteiger partial charge < -0.3 is 0 Å². The number of pyridine rings is 1. The van der Waals surface area contributed by atoms with Gasteiger partial charge in [0.1, 0.15) is 11.8 Å². The molecule has 1 aromatic rings. The first-order valence-electron chi connectivity index (χ1n) is 6.37. The quantitative estimate of drug-likeness (QED) is 0.607. The summed E-state index contributed by atoms with van der Waals surface area (Å²) in [6.45, 7) is 5.30. The molecule has 4 nitrogen and oxygen atoms in total. The molecular weight excluding hydrogens is 250 g/mol. The Balaban J connectivity index is 3.14. The maximum Gasteiger partial charge on any atom is 0.178 e. The number of rotatable bonds is 5. The van der Waals surface area contributed by atoms with Gasteiger partial charge in [-0.1, -0.05) is 13.0 Å². The molecule has 0 atom stereocenters. The van der Waals surface area contributed by atoms with Gasteiger partial charge in [0, 0.05) is 24.9 Å². The van der Waals surface area contributed by atoms with Gasteiger partial charge in [0.25, 0.3) is 0 Å². The topological polar surface area (TPSA) is 66.1 Å². The monoisotopic (exact) mass is 267 g/mol. The van der Waals surface area contributed by atoms with Gasteiger partial charge in [-0.2, -0.15) is 5.26 Å². The highest BCUT2D eigenvalue weighted by molar-refractivity contribution is 6.01. The summed E-state index contributed by atoms with van der Waals surface area (Å²) in [7, 11) is 0. The number of carbonyl (C=O) groups is 1. The third-order valence-corrected chi connectivity index (χ3v) is 2.63. The fourth-order valence-corrected chi connectivity index (χ4v) is 1.57. The Bertz CT molecular complexity index is 602. The van der Waals surface area contributed by atoms with Crippen LogP contribution in [0.15, 0.2) is 41.2 Å². The molecule has 0 fully saturated rings. The summed E-state index contributed by atoms with van der Waals surface area (Å²) in [6, 6.07) is 5.40. The Hall–Kier alpha value is -2.54. The minimum atomic E-state index is -0.116. The van der Waals surface area contributed by atoms with Crippen molar-refractivity contribution in [3.63, 3.8) is 0 Å². The molecule has 0 aliphatic carbocycles. The van der Waals surface area contributed by atoms with Crippen LogP contribution in [0.25, 0.3) is 5.57 Å². The molecule has 1 aromatic heterocycles. The first-order chi connectivity index (χ1) is 9.60. The van der Waals surface area contributed by atoms with Crippen LogP contribution in [-0.4, -0.2) is 17.0 Å². The SMILES string of the molecule is CC/C=C/C=N/C(C(C)=O)=C(\C)c1ccc(C#N)cn1. The fraction of sp³-hybridized carbons (Fsp3) is 0.250. The average Bonchev–Trinajstić information content (AvgIpc) is 2.46. The average molecular weight is 267 g/mol. The molecular formula is C16H17N3O. The number of Topliss-reactive ketones (excluding diaryl/α,β-unsaturated/α-hetero) is 1. The Morgan fingerprint density at radius 1 is 1.45 bits per heavy atom. The molecule has 0 aliphatic rings. The third kappa shape index (κ3) is 4.29. The molecule has 0 aromatic carbocycles. The summed E-state index contributed by atoms with van der Waals surface area (Å²) in [4.78, 5) is 20.0. The number of aliphatic imine (C=N–C) groups is 1. The van der Waals surface area contributed by atoms with Crippen molar-refractivity contribution in [3.05, 3.63) is 47.4 Å². The second kappa shape index (κ2) is 7.80. The molecule has 0 amide bonds. The van der Waals surface area contributed by atoms with E-state index in [2.05, 4.69) is 9.98 Å². The number of nitriles is 1. The van der Waals surface area contributed by atoms with E-state index in [1.807, 2.05) is 25.1 Å². The van der Waals surface area contributed by atoms with Crippen LogP contribution >= 0.6 is 0 Å². The lowest BCUT2D eigenvalue weighted by molar-refractivity contribution is -0.113. The molecule has 0 radical (unpaired) electrons. The normalized spacial score (nSPS) is 12.5. The number of allylic oxidation sites excluding steroid dienone is 4. The minimum Gasteiger partial charge on any atom is -0.293 e. The van der Waals surface area contributed by atoms with Gasteiger partial charge in [0.2, 0.25) is 0 Å². The number of carbonyl (C=O) groups excluding carboxylic acids is 1. The van der Waals surface area contributed by atoms with Crippen molar-refractivity contribution in [2.75, 3.05) is 0 Å². The van der Waals surface area contributed by atoms with E-state index < -0.39 is 0 Å². The van der Waals surface area contributed by atoms with Crippen molar-refractivity contribution in [2.24, 2.45) is 4.99 Å². The zero-order valence-electron chi connectivity index (χ0n) is 11.9. The van der Waals surface area contributed by atoms with Crippen LogP contribution in [0.2, 0.25) is 0 Å². The lowest BCUT2D eigenvalue weighted by Gasteiger charge is -2.04. The summed E-state index contributed by atoms with van der Waals surface area (Å²) >= 11 is 0. The molecule has 0 saturated carbocycles. The molecule has 0 N–H and O–H groups in total. The highest BCUT2D eigenvalue weighted by atomic mass is 16.1. The van der Waals surface area contributed by atoms with Crippen LogP contribution in [0.4, 0.5) is 0 Å². The van der Waals surface area contributed by atoms with Gasteiger partial charge in [-0.3, -0.25) is 14.8 Å². The smallest absolute Gasteiger partial charge is 0.178 e. The van der Waals surface area contributed by atoms with Crippen LogP contribution in [0, 0.1) is 11.3 Å². The third-order valence-electron chi connectivity index (χ3n) is 2.63. The van der Waals surface area contributed by atoms with Crippen molar-refractivity contribution < 1.29 is 4.79 Å². The Morgan fingerprint density at radius 2 is 2.20 bits per heavy atom. The van der Waals surface area contributed by atoms with Gasteiger partial charge in [-0.25, -0.2) is 0 Å². The Morgan fingerprint density at radius 3 is 2.70 bits per heavy atom. The zero-order valence-corrected chi connectivity index (χ0v) is 11.9. The predicted molar refractivity (Wildman–Crippen MR) is 80.2 cm³/mol. The van der Waals surface area contributed by atoms with Crippen molar-refractivity contribution >= 4 is 17.6 Å². The molecule has 0 saturated heterocycles. The van der Waals surface area contributed by atoms with Crippen LogP contribution in [-0.2, 0) is 4.79 Å². The standard InChI is InChI=1S/C16H17N3O/c1-4-5-6-9-18-16(13(3)20)12(2)15-8-7-14(10-17)11-19-15/h5-9,11H,4H2,1-3H3/b6-5+,16-12+,18-9+. The van der Waals surface area contributed by atoms with Crippen LogP contribution in [0.3, 0.4) is 0 Å². The number of ketones is 1. The maximum atomic E-state index is 11.7. The van der Waals surface area contributed by atoms with Gasteiger partial charge in [0.15, 0.2) is 5.78 Å². The first-order valence-corrected chi connectivity index (χ1v) is 6.37. The van der Waals surface area contributed by atoms with Gasteiger partial charge in [-0.15, -0.1) is 0 Å². The molecule has 0 bridgehead atoms. The molecule has 0 aliphatic heterocycles. The van der Waals surface area contributed by atoms with Crippen LogP contribution in [0.1, 0.15) is 38.4 Å². The first kappa shape index (κ1) is 15.5. The maximum absolute atomic E-state index is 11.7. The van der Waals surface area contributed by atoms with Gasteiger partial charge in [-0.05, 0) is 31.6 Å². The van der Waals surface area contributed by atoms with E-state index in [1.54, 1.807) is 25.3 Å². The molecule has 102 valence electrons. The highest BCUT2D eigenvalue weighted by Gasteiger charge is 2.09. The molecule has 20 heavy (non-hydrogen) atoms. The molecule has 1 heterocycles. The predicted octanol–water partition coefficient (Wildman–Crippen LogP) is 3.31. The summed E-state index contributed by atoms with van der Waals surface area (Å²) in [5, 5.41) is 8.74. The highest BCUT2D eigenvalue weighted by Crippen LogP contribution is 2.18. The minimum absolute atomic E-state index is 0.116. The number of aromatic nitrogens is 1. The van der Waals surface area contributed by atoms with Crippen molar-refractivity contribution in [2.45, 2.75) is 27.2 Å². The summed E-state index contributed by atoms with van der Waals surface area (Å²) in [5.74, 6) is -0.116. The second-order valence-corrected chi connectivity index (χ2v) is 4.19. The second-order valence-electron chi connectivity index (χ2n) is 4.19. The Labute approximate surface area is 119 Å². The van der Waals surface area contributed by atoms with Gasteiger partial charge in [0.05, 0.1) is 11.3 Å². The molecule has 4 heteroatoms. The van der Waals surface area contributed by atoms with E-state index in [1.165, 1.54) is 13.1 Å². The van der Waals surface area contributed by atoms with Crippen molar-refractivity contribution in [3.8, 4) is 6.07 Å². The summed E-state index contributed by atoms with van der Waals surface area (Å²) in [6.07, 6.45) is 7.77. The lowest BCUT2D eigenvalue weighted by Crippen LogP contribution is -1.99. The number of hydrogen-bond donors (Lipinski definition) is 0. The molecule has 0 unspecified atom stereocenters. The van der Waals surface area contributed by atoms with E-state index in [0.717, 1.165) is 6.42 Å². The zero-order chi connectivity index (χ0) is 15.0. The molecule has 0 spiro atoms. The fourth-order valence-electron chi connectivity index (χ4n) is 1.57. The van der Waals surface area contributed by atoms with Crippen molar-refractivity contribution in [1.82, 2.24) is 4.98 Å². The van der Waals surface area contributed by atoms with Gasteiger partial charge >= 0.3 is 0 Å². The number of hydrogen-bond acceptors (Lipinski definition) is 4. The summed E-state index contributed by atoms with van der Waals surface area (Å²) in [5.41, 5.74) is 2.21. The Kier molecular flexibility index (Phi) is 6.05. The summed E-state index contributed by atoms with van der Waals surface area (Å²) < 4.78 is 0. The molecule has 1 rings (SSSR count).